The average molecular weight is 166 g/mol. The molecule has 0 spiro atoms. The first kappa shape index (κ1) is 6.77. The summed E-state index contributed by atoms with van der Waals surface area (Å²) in [6.45, 7) is 1.40. The van der Waals surface area contributed by atoms with Crippen LogP contribution < -0.4 is 0 Å². The van der Waals surface area contributed by atoms with Crippen LogP contribution in [0.4, 0.5) is 0 Å². The average Bonchev–Trinajstić information content (AvgIpc) is 1.96. The molecule has 0 saturated carbocycles. The molecule has 0 fully saturated rings. The topological polar surface area (TPSA) is 46.5 Å². The van der Waals surface area contributed by atoms with E-state index in [4.69, 9.17) is 11.6 Å². The van der Waals surface area contributed by atoms with Gasteiger partial charge in [0.05, 0.1) is 6.20 Å². The summed E-state index contributed by atoms with van der Waals surface area (Å²) in [7, 11) is -3.33. The zero-order valence-electron chi connectivity index (χ0n) is 4.63. The van der Waals surface area contributed by atoms with Crippen LogP contribution in [0, 0.1) is 0 Å². The van der Waals surface area contributed by atoms with E-state index >= 15 is 0 Å². The van der Waals surface area contributed by atoms with Crippen molar-refractivity contribution in [3.8, 4) is 0 Å². The number of aliphatic imine (C=N–C) groups is 1. The lowest BCUT2D eigenvalue weighted by Gasteiger charge is -1.89. The summed E-state index contributed by atoms with van der Waals surface area (Å²) in [5, 5.41) is 0.0625. The number of nitrogens with zero attached hydrogens (tertiary/aromatic N) is 1. The van der Waals surface area contributed by atoms with Crippen molar-refractivity contribution in [2.24, 2.45) is 4.99 Å². The molecule has 0 aromatic heterocycles. The first-order valence-electron chi connectivity index (χ1n) is 2.20. The van der Waals surface area contributed by atoms with E-state index in [0.717, 1.165) is 6.20 Å². The van der Waals surface area contributed by atoms with E-state index in [-0.39, 0.29) is 9.41 Å². The lowest BCUT2D eigenvalue weighted by Crippen LogP contribution is -2.05. The van der Waals surface area contributed by atoms with E-state index in [0.29, 0.717) is 0 Å². The van der Waals surface area contributed by atoms with Crippen molar-refractivity contribution < 1.29 is 8.42 Å². The molecule has 0 bridgehead atoms. The van der Waals surface area contributed by atoms with Gasteiger partial charge in [0.25, 0.3) is 0 Å². The zero-order valence-corrected chi connectivity index (χ0v) is 6.20. The molecule has 0 atom stereocenters. The summed E-state index contributed by atoms with van der Waals surface area (Å²) in [4.78, 5) is 3.50. The minimum atomic E-state index is -3.33. The van der Waals surface area contributed by atoms with Gasteiger partial charge < -0.3 is 0 Å². The highest BCUT2D eigenvalue weighted by Crippen LogP contribution is 2.19. The molecule has 1 aliphatic rings. The summed E-state index contributed by atoms with van der Waals surface area (Å²) in [6, 6.07) is 0. The molecule has 50 valence electrons. The van der Waals surface area contributed by atoms with Gasteiger partial charge >= 0.3 is 0 Å². The molecule has 1 rings (SSSR count). The van der Waals surface area contributed by atoms with Crippen LogP contribution in [-0.2, 0) is 9.84 Å². The van der Waals surface area contributed by atoms with Gasteiger partial charge in [-0.2, -0.15) is 0 Å². The molecule has 0 aromatic rings. The molecule has 0 amide bonds. The number of hydrogen-bond acceptors (Lipinski definition) is 3. The molecule has 0 saturated heterocycles. The molecule has 0 aliphatic carbocycles. The summed E-state index contributed by atoms with van der Waals surface area (Å²) < 4.78 is 21.3. The SMILES string of the molecule is CC1=NC=C(Cl)S1(=O)=O. The predicted molar refractivity (Wildman–Crippen MR) is 36.0 cm³/mol. The van der Waals surface area contributed by atoms with Crippen LogP contribution in [0.5, 0.6) is 0 Å². The van der Waals surface area contributed by atoms with E-state index in [2.05, 4.69) is 4.99 Å². The van der Waals surface area contributed by atoms with Crippen LogP contribution in [0.25, 0.3) is 0 Å². The fourth-order valence-corrected chi connectivity index (χ4v) is 1.47. The van der Waals surface area contributed by atoms with E-state index in [9.17, 15) is 8.42 Å². The Hall–Kier alpha value is -0.350. The first-order valence-corrected chi connectivity index (χ1v) is 4.06. The maximum Gasteiger partial charge on any atom is 0.231 e. The molecular weight excluding hydrogens is 162 g/mol. The molecule has 5 heteroatoms. The van der Waals surface area contributed by atoms with Crippen molar-refractivity contribution >= 4 is 26.5 Å². The Morgan fingerprint density at radius 3 is 2.33 bits per heavy atom. The van der Waals surface area contributed by atoms with Gasteiger partial charge in [0.2, 0.25) is 9.84 Å². The maximum absolute atomic E-state index is 10.8. The molecular formula is C4H4ClNO2S. The largest absolute Gasteiger partial charge is 0.247 e. The van der Waals surface area contributed by atoms with Gasteiger partial charge in [0, 0.05) is 0 Å². The Bertz CT molecular complexity index is 264. The van der Waals surface area contributed by atoms with Gasteiger partial charge in [-0.15, -0.1) is 0 Å². The highest BCUT2D eigenvalue weighted by molar-refractivity contribution is 8.11. The summed E-state index contributed by atoms with van der Waals surface area (Å²) in [6.07, 6.45) is 1.13. The summed E-state index contributed by atoms with van der Waals surface area (Å²) in [5.74, 6) is 0. The maximum atomic E-state index is 10.8. The molecule has 1 heterocycles. The highest BCUT2D eigenvalue weighted by atomic mass is 35.5. The van der Waals surface area contributed by atoms with Gasteiger partial charge in [0.15, 0.2) is 4.36 Å². The number of hydrogen-bond donors (Lipinski definition) is 0. The van der Waals surface area contributed by atoms with Crippen molar-refractivity contribution in [1.29, 1.82) is 0 Å². The normalized spacial score (nSPS) is 23.3. The van der Waals surface area contributed by atoms with Crippen LogP contribution in [0.1, 0.15) is 6.92 Å². The lowest BCUT2D eigenvalue weighted by molar-refractivity contribution is 0.614. The molecule has 3 nitrogen and oxygen atoms in total. The standard InChI is InChI=1S/C4H4ClNO2S/c1-3-6-2-4(5)9(3,7)8/h2H,1H3. The van der Waals surface area contributed by atoms with Crippen LogP contribution in [0.15, 0.2) is 15.6 Å². The molecule has 0 aromatic carbocycles. The van der Waals surface area contributed by atoms with Crippen molar-refractivity contribution in [1.82, 2.24) is 0 Å². The first-order chi connectivity index (χ1) is 4.05. The molecule has 9 heavy (non-hydrogen) atoms. The Kier molecular flexibility index (Phi) is 1.36. The third-order valence-corrected chi connectivity index (χ3v) is 3.20. The van der Waals surface area contributed by atoms with Crippen LogP contribution in [0.2, 0.25) is 0 Å². The molecule has 1 aliphatic heterocycles. The molecule has 0 radical (unpaired) electrons. The fourth-order valence-electron chi connectivity index (χ4n) is 0.422. The summed E-state index contributed by atoms with van der Waals surface area (Å²) in [5.41, 5.74) is 0. The quantitative estimate of drug-likeness (QED) is 0.535. The second kappa shape index (κ2) is 1.82. The third kappa shape index (κ3) is 0.881. The highest BCUT2D eigenvalue weighted by Gasteiger charge is 2.23. The Labute approximate surface area is 58.0 Å². The summed E-state index contributed by atoms with van der Waals surface area (Å²) >= 11 is 5.26. The minimum absolute atomic E-state index is 0.0625. The van der Waals surface area contributed by atoms with Crippen molar-refractivity contribution in [2.75, 3.05) is 0 Å². The van der Waals surface area contributed by atoms with E-state index in [1.54, 1.807) is 0 Å². The molecule has 0 unspecified atom stereocenters. The van der Waals surface area contributed by atoms with Gasteiger partial charge in [-0.1, -0.05) is 11.6 Å². The fraction of sp³-hybridized carbons (Fsp3) is 0.250. The van der Waals surface area contributed by atoms with Crippen molar-refractivity contribution in [3.05, 3.63) is 10.6 Å². The number of sulfone groups is 1. The Morgan fingerprint density at radius 1 is 1.67 bits per heavy atom. The van der Waals surface area contributed by atoms with Gasteiger partial charge in [0.1, 0.15) is 5.04 Å². The third-order valence-electron chi connectivity index (χ3n) is 0.993. The van der Waals surface area contributed by atoms with Crippen LogP contribution in [-0.4, -0.2) is 13.5 Å². The lowest BCUT2D eigenvalue weighted by atomic mass is 10.8. The monoisotopic (exact) mass is 165 g/mol. The Morgan fingerprint density at radius 2 is 2.22 bits per heavy atom. The second-order valence-electron chi connectivity index (χ2n) is 1.58. The number of halogens is 1. The van der Waals surface area contributed by atoms with Gasteiger partial charge in [-0.05, 0) is 6.92 Å². The second-order valence-corrected chi connectivity index (χ2v) is 4.25. The van der Waals surface area contributed by atoms with E-state index < -0.39 is 9.84 Å². The van der Waals surface area contributed by atoms with E-state index in [1.807, 2.05) is 0 Å². The van der Waals surface area contributed by atoms with Gasteiger partial charge in [-0.25, -0.2) is 13.4 Å². The zero-order chi connectivity index (χ0) is 7.07. The number of rotatable bonds is 0. The van der Waals surface area contributed by atoms with Crippen molar-refractivity contribution in [3.63, 3.8) is 0 Å². The van der Waals surface area contributed by atoms with E-state index in [1.165, 1.54) is 6.92 Å². The van der Waals surface area contributed by atoms with Gasteiger partial charge in [-0.3, -0.25) is 0 Å². The Balaban J connectivity index is 3.29. The van der Waals surface area contributed by atoms with Crippen LogP contribution in [0.3, 0.4) is 0 Å². The van der Waals surface area contributed by atoms with Crippen LogP contribution >= 0.6 is 11.6 Å². The van der Waals surface area contributed by atoms with Crippen molar-refractivity contribution in [2.45, 2.75) is 6.92 Å². The molecule has 0 N–H and O–H groups in total. The predicted octanol–water partition coefficient (Wildman–Crippen LogP) is 0.871. The smallest absolute Gasteiger partial charge is 0.231 e. The minimum Gasteiger partial charge on any atom is -0.247 e.